The second-order valence-corrected chi connectivity index (χ2v) is 3.77. The summed E-state index contributed by atoms with van der Waals surface area (Å²) in [6, 6.07) is 0.342. The molecule has 1 unspecified atom stereocenters. The largest absolute Gasteiger partial charge is 0.367 e. The molecule has 0 amide bonds. The lowest BCUT2D eigenvalue weighted by molar-refractivity contribution is 0.760. The molecule has 0 spiro atoms. The second kappa shape index (κ2) is 4.02. The minimum absolute atomic E-state index is 0.220. The van der Waals surface area contributed by atoms with Crippen LogP contribution in [0.5, 0.6) is 0 Å². The number of nitrogens with zero attached hydrogens (tertiary/aromatic N) is 3. The van der Waals surface area contributed by atoms with Crippen molar-refractivity contribution in [2.24, 2.45) is 0 Å². The highest BCUT2D eigenvalue weighted by molar-refractivity contribution is 6.28. The average molecular weight is 226 g/mol. The minimum Gasteiger partial charge on any atom is -0.367 e. The van der Waals surface area contributed by atoms with E-state index in [-0.39, 0.29) is 5.28 Å². The van der Waals surface area contributed by atoms with E-state index in [0.29, 0.717) is 11.7 Å². The highest BCUT2D eigenvalue weighted by atomic mass is 35.5. The molecule has 0 aliphatic carbocycles. The van der Waals surface area contributed by atoms with Crippen molar-refractivity contribution in [3.63, 3.8) is 0 Å². The van der Waals surface area contributed by atoms with E-state index >= 15 is 0 Å². The molecule has 0 radical (unpaired) electrons. The van der Waals surface area contributed by atoms with Crippen LogP contribution >= 0.6 is 11.6 Å². The van der Waals surface area contributed by atoms with E-state index in [2.05, 4.69) is 39.3 Å². The molecule has 0 aliphatic heterocycles. The molecule has 0 bridgehead atoms. The van der Waals surface area contributed by atoms with Gasteiger partial charge in [-0.25, -0.2) is 0 Å². The zero-order valence-corrected chi connectivity index (χ0v) is 9.34. The molecule has 15 heavy (non-hydrogen) atoms. The third kappa shape index (κ3) is 2.02. The Kier molecular flexibility index (Phi) is 2.73. The zero-order valence-electron chi connectivity index (χ0n) is 8.58. The Morgan fingerprint density at radius 2 is 2.33 bits per heavy atom. The van der Waals surface area contributed by atoms with E-state index < -0.39 is 0 Å². The summed E-state index contributed by atoms with van der Waals surface area (Å²) in [5.74, 6) is 0.730. The van der Waals surface area contributed by atoms with Crippen molar-refractivity contribution in [1.82, 2.24) is 20.2 Å². The van der Waals surface area contributed by atoms with E-state index in [4.69, 9.17) is 11.6 Å². The van der Waals surface area contributed by atoms with Gasteiger partial charge >= 0.3 is 0 Å². The molecule has 5 nitrogen and oxygen atoms in total. The van der Waals surface area contributed by atoms with Crippen molar-refractivity contribution >= 4 is 28.5 Å². The number of nitrogens with one attached hydrogen (secondary N) is 2. The number of aromatic nitrogens is 4. The smallest absolute Gasteiger partial charge is 0.226 e. The summed E-state index contributed by atoms with van der Waals surface area (Å²) < 4.78 is 0. The third-order valence-electron chi connectivity index (χ3n) is 2.28. The van der Waals surface area contributed by atoms with Crippen LogP contribution in [0, 0.1) is 0 Å². The van der Waals surface area contributed by atoms with Gasteiger partial charge in [0.1, 0.15) is 5.82 Å². The quantitative estimate of drug-likeness (QED) is 0.786. The van der Waals surface area contributed by atoms with Crippen LogP contribution < -0.4 is 5.32 Å². The zero-order chi connectivity index (χ0) is 10.8. The molecule has 80 valence electrons. The Balaban J connectivity index is 2.44. The summed E-state index contributed by atoms with van der Waals surface area (Å²) in [4.78, 5) is 8.17. The highest BCUT2D eigenvalue weighted by Crippen LogP contribution is 2.20. The lowest BCUT2D eigenvalue weighted by Gasteiger charge is -2.12. The Bertz CT molecular complexity index is 466. The van der Waals surface area contributed by atoms with Crippen molar-refractivity contribution in [3.8, 4) is 0 Å². The number of rotatable bonds is 3. The fraction of sp³-hybridized carbons (Fsp3) is 0.444. The minimum atomic E-state index is 0.220. The van der Waals surface area contributed by atoms with Gasteiger partial charge < -0.3 is 5.32 Å². The summed E-state index contributed by atoms with van der Waals surface area (Å²) in [5, 5.41) is 11.0. The van der Waals surface area contributed by atoms with Crippen LogP contribution in [-0.2, 0) is 0 Å². The highest BCUT2D eigenvalue weighted by Gasteiger charge is 2.09. The average Bonchev–Trinajstić information content (AvgIpc) is 2.65. The fourth-order valence-corrected chi connectivity index (χ4v) is 1.42. The van der Waals surface area contributed by atoms with Crippen molar-refractivity contribution in [2.75, 3.05) is 5.32 Å². The van der Waals surface area contributed by atoms with Gasteiger partial charge in [-0.1, -0.05) is 6.92 Å². The normalized spacial score (nSPS) is 13.0. The maximum absolute atomic E-state index is 5.80. The molecule has 2 N–H and O–H groups in total. The van der Waals surface area contributed by atoms with Gasteiger partial charge in [-0.15, -0.1) is 0 Å². The maximum atomic E-state index is 5.80. The summed E-state index contributed by atoms with van der Waals surface area (Å²) in [6.07, 6.45) is 2.71. The lowest BCUT2D eigenvalue weighted by atomic mass is 10.2. The fourth-order valence-electron chi connectivity index (χ4n) is 1.25. The van der Waals surface area contributed by atoms with E-state index in [1.165, 1.54) is 0 Å². The number of hydrogen-bond donors (Lipinski definition) is 2. The van der Waals surface area contributed by atoms with Crippen molar-refractivity contribution in [2.45, 2.75) is 26.3 Å². The van der Waals surface area contributed by atoms with Crippen LogP contribution in [-0.4, -0.2) is 26.2 Å². The van der Waals surface area contributed by atoms with Crippen LogP contribution in [0.1, 0.15) is 20.3 Å². The van der Waals surface area contributed by atoms with Gasteiger partial charge in [0.15, 0.2) is 5.65 Å². The molecule has 2 aromatic rings. The predicted molar refractivity (Wildman–Crippen MR) is 60.1 cm³/mol. The second-order valence-electron chi connectivity index (χ2n) is 3.43. The Labute approximate surface area is 92.3 Å². The first-order valence-electron chi connectivity index (χ1n) is 4.84. The molecule has 2 rings (SSSR count). The summed E-state index contributed by atoms with van der Waals surface area (Å²) >= 11 is 5.80. The Morgan fingerprint density at radius 3 is 3.07 bits per heavy atom. The summed E-state index contributed by atoms with van der Waals surface area (Å²) in [6.45, 7) is 4.19. The molecule has 0 aliphatic rings. The summed E-state index contributed by atoms with van der Waals surface area (Å²) in [7, 11) is 0. The first-order valence-corrected chi connectivity index (χ1v) is 5.21. The molecule has 0 fully saturated rings. The van der Waals surface area contributed by atoms with Gasteiger partial charge in [0.2, 0.25) is 5.28 Å². The SMILES string of the molecule is CCC(C)Nc1nc(Cl)nc2[nH]ncc12. The van der Waals surface area contributed by atoms with Crippen molar-refractivity contribution < 1.29 is 0 Å². The van der Waals surface area contributed by atoms with Crippen LogP contribution in [0.2, 0.25) is 5.28 Å². The molecule has 0 saturated heterocycles. The van der Waals surface area contributed by atoms with E-state index in [0.717, 1.165) is 17.6 Å². The van der Waals surface area contributed by atoms with E-state index in [1.807, 2.05) is 0 Å². The van der Waals surface area contributed by atoms with Crippen LogP contribution in [0.25, 0.3) is 11.0 Å². The molecular formula is C9H12ClN5. The molecule has 0 aromatic carbocycles. The first kappa shape index (κ1) is 10.2. The number of halogens is 1. The number of anilines is 1. The monoisotopic (exact) mass is 225 g/mol. The van der Waals surface area contributed by atoms with Crippen molar-refractivity contribution in [1.29, 1.82) is 0 Å². The van der Waals surface area contributed by atoms with Gasteiger partial charge in [-0.05, 0) is 24.9 Å². The van der Waals surface area contributed by atoms with Gasteiger partial charge in [0.25, 0.3) is 0 Å². The van der Waals surface area contributed by atoms with E-state index in [9.17, 15) is 0 Å². The van der Waals surface area contributed by atoms with Crippen molar-refractivity contribution in [3.05, 3.63) is 11.5 Å². The van der Waals surface area contributed by atoms with Gasteiger partial charge in [-0.2, -0.15) is 15.1 Å². The van der Waals surface area contributed by atoms with Crippen LogP contribution in [0.3, 0.4) is 0 Å². The Morgan fingerprint density at radius 1 is 1.53 bits per heavy atom. The third-order valence-corrected chi connectivity index (χ3v) is 2.45. The van der Waals surface area contributed by atoms with Gasteiger partial charge in [-0.3, -0.25) is 5.10 Å². The number of fused-ring (bicyclic) bond motifs is 1. The molecule has 2 heterocycles. The van der Waals surface area contributed by atoms with Crippen LogP contribution in [0.15, 0.2) is 6.20 Å². The molecule has 0 saturated carbocycles. The molecule has 1 atom stereocenters. The van der Waals surface area contributed by atoms with Gasteiger partial charge in [0.05, 0.1) is 11.6 Å². The molecule has 2 aromatic heterocycles. The first-order chi connectivity index (χ1) is 7.20. The number of hydrogen-bond acceptors (Lipinski definition) is 4. The summed E-state index contributed by atoms with van der Waals surface area (Å²) in [5.41, 5.74) is 0.654. The van der Waals surface area contributed by atoms with E-state index in [1.54, 1.807) is 6.20 Å². The number of H-pyrrole nitrogens is 1. The molecule has 6 heteroatoms. The van der Waals surface area contributed by atoms with Gasteiger partial charge in [0, 0.05) is 6.04 Å². The lowest BCUT2D eigenvalue weighted by Crippen LogP contribution is -2.14. The maximum Gasteiger partial charge on any atom is 0.226 e. The number of aromatic amines is 1. The van der Waals surface area contributed by atoms with Crippen LogP contribution in [0.4, 0.5) is 5.82 Å². The molecular weight excluding hydrogens is 214 g/mol. The predicted octanol–water partition coefficient (Wildman–Crippen LogP) is 2.22. The Hall–Kier alpha value is -1.36. The standard InChI is InChI=1S/C9H12ClN5/c1-3-5(2)12-7-6-4-11-15-8(6)14-9(10)13-7/h4-5H,3H2,1-2H3,(H2,11,12,13,14,15). The topological polar surface area (TPSA) is 66.5 Å².